The Morgan fingerprint density at radius 2 is 1.60 bits per heavy atom. The Labute approximate surface area is 161 Å². The normalized spacial score (nSPS) is 16.9. The van der Waals surface area contributed by atoms with Gasteiger partial charge < -0.3 is 16.0 Å². The fourth-order valence-electron chi connectivity index (χ4n) is 2.63. The predicted octanol–water partition coefficient (Wildman–Crippen LogP) is 4.42. The first kappa shape index (κ1) is 17.7. The summed E-state index contributed by atoms with van der Waals surface area (Å²) < 4.78 is 0. The maximum Gasteiger partial charge on any atom is 0.255 e. The zero-order chi connectivity index (χ0) is 18.0. The average Bonchev–Trinajstić information content (AvgIpc) is 2.57. The minimum absolute atomic E-state index is 0.220. The number of anilines is 1. The van der Waals surface area contributed by atoms with E-state index in [-0.39, 0.29) is 11.9 Å². The molecule has 1 aliphatic rings. The maximum absolute atomic E-state index is 12.9. The SMILES string of the molecule is CC1=C(C(=O)Nc2ccc(Cl)cc2)C(c2ccc(Cl)cc2)NC(=S)N1. The van der Waals surface area contributed by atoms with Crippen molar-refractivity contribution in [3.63, 3.8) is 0 Å². The third kappa shape index (κ3) is 4.12. The van der Waals surface area contributed by atoms with E-state index in [1.54, 1.807) is 36.4 Å². The fraction of sp³-hybridized carbons (Fsp3) is 0.111. The number of nitrogens with one attached hydrogen (secondary N) is 3. The van der Waals surface area contributed by atoms with Gasteiger partial charge in [0.15, 0.2) is 5.11 Å². The minimum Gasteiger partial charge on any atom is -0.351 e. The van der Waals surface area contributed by atoms with Crippen LogP contribution in [0.15, 0.2) is 59.8 Å². The van der Waals surface area contributed by atoms with Crippen LogP contribution in [-0.2, 0) is 4.79 Å². The Kier molecular flexibility index (Phi) is 5.27. The second-order valence-corrected chi connectivity index (χ2v) is 6.86. The molecule has 4 nitrogen and oxygen atoms in total. The highest BCUT2D eigenvalue weighted by Gasteiger charge is 2.29. The van der Waals surface area contributed by atoms with Crippen molar-refractivity contribution in [2.24, 2.45) is 0 Å². The molecular formula is C18H15Cl2N3OS. The van der Waals surface area contributed by atoms with Crippen LogP contribution in [0, 0.1) is 0 Å². The fourth-order valence-corrected chi connectivity index (χ4v) is 3.15. The Morgan fingerprint density at radius 3 is 2.20 bits per heavy atom. The van der Waals surface area contributed by atoms with E-state index in [2.05, 4.69) is 16.0 Å². The first-order valence-corrected chi connectivity index (χ1v) is 8.71. The number of hydrogen-bond donors (Lipinski definition) is 3. The molecule has 0 fully saturated rings. The molecule has 2 aromatic rings. The van der Waals surface area contributed by atoms with Gasteiger partial charge in [-0.3, -0.25) is 4.79 Å². The Hall–Kier alpha value is -2.08. The highest BCUT2D eigenvalue weighted by molar-refractivity contribution is 7.80. The number of hydrogen-bond acceptors (Lipinski definition) is 2. The van der Waals surface area contributed by atoms with Gasteiger partial charge in [-0.05, 0) is 61.1 Å². The van der Waals surface area contributed by atoms with Gasteiger partial charge in [0.05, 0.1) is 11.6 Å². The molecule has 1 heterocycles. The summed E-state index contributed by atoms with van der Waals surface area (Å²) in [5.41, 5.74) is 2.83. The lowest BCUT2D eigenvalue weighted by molar-refractivity contribution is -0.113. The van der Waals surface area contributed by atoms with Crippen LogP contribution < -0.4 is 16.0 Å². The molecule has 0 radical (unpaired) electrons. The molecule has 0 spiro atoms. The van der Waals surface area contributed by atoms with Gasteiger partial charge in [0.25, 0.3) is 5.91 Å². The van der Waals surface area contributed by atoms with Crippen molar-refractivity contribution in [2.45, 2.75) is 13.0 Å². The molecule has 0 saturated carbocycles. The second kappa shape index (κ2) is 7.44. The molecule has 7 heteroatoms. The summed E-state index contributed by atoms with van der Waals surface area (Å²) in [6.07, 6.45) is 0. The van der Waals surface area contributed by atoms with E-state index >= 15 is 0 Å². The number of halogens is 2. The van der Waals surface area contributed by atoms with Crippen LogP contribution in [0.4, 0.5) is 5.69 Å². The van der Waals surface area contributed by atoms with Crippen LogP contribution in [0.5, 0.6) is 0 Å². The summed E-state index contributed by atoms with van der Waals surface area (Å²) in [7, 11) is 0. The van der Waals surface area contributed by atoms with E-state index in [1.165, 1.54) is 0 Å². The van der Waals surface area contributed by atoms with Crippen molar-refractivity contribution < 1.29 is 4.79 Å². The topological polar surface area (TPSA) is 53.2 Å². The Balaban J connectivity index is 1.92. The van der Waals surface area contributed by atoms with Crippen molar-refractivity contribution in [3.8, 4) is 0 Å². The van der Waals surface area contributed by atoms with Gasteiger partial charge in [-0.2, -0.15) is 0 Å². The van der Waals surface area contributed by atoms with Crippen molar-refractivity contribution >= 4 is 52.1 Å². The summed E-state index contributed by atoms with van der Waals surface area (Å²) >= 11 is 17.1. The van der Waals surface area contributed by atoms with Crippen LogP contribution in [-0.4, -0.2) is 11.0 Å². The van der Waals surface area contributed by atoms with Gasteiger partial charge in [0, 0.05) is 21.4 Å². The van der Waals surface area contributed by atoms with Gasteiger partial charge >= 0.3 is 0 Å². The maximum atomic E-state index is 12.9. The van der Waals surface area contributed by atoms with E-state index in [1.807, 2.05) is 19.1 Å². The van der Waals surface area contributed by atoms with Gasteiger partial charge in [0.2, 0.25) is 0 Å². The van der Waals surface area contributed by atoms with E-state index in [0.29, 0.717) is 32.1 Å². The van der Waals surface area contributed by atoms with Crippen LogP contribution in [0.1, 0.15) is 18.5 Å². The third-order valence-corrected chi connectivity index (χ3v) is 4.54. The van der Waals surface area contributed by atoms with E-state index in [4.69, 9.17) is 35.4 Å². The smallest absolute Gasteiger partial charge is 0.255 e. The average molecular weight is 392 g/mol. The van der Waals surface area contributed by atoms with Crippen LogP contribution >= 0.6 is 35.4 Å². The summed E-state index contributed by atoms with van der Waals surface area (Å²) in [4.78, 5) is 12.9. The number of rotatable bonds is 3. The molecule has 128 valence electrons. The van der Waals surface area contributed by atoms with Crippen molar-refractivity contribution in [1.82, 2.24) is 10.6 Å². The molecule has 0 saturated heterocycles. The van der Waals surface area contributed by atoms with Crippen LogP contribution in [0.25, 0.3) is 0 Å². The molecule has 1 aliphatic heterocycles. The standard InChI is InChI=1S/C18H15Cl2N3OS/c1-10-15(17(24)22-14-8-6-13(20)7-9-14)16(23-18(25)21-10)11-2-4-12(19)5-3-11/h2-9,16H,1H3,(H,22,24)(H2,21,23,25). The number of carbonyl (C=O) groups excluding carboxylic acids is 1. The quantitative estimate of drug-likeness (QED) is 0.677. The highest BCUT2D eigenvalue weighted by atomic mass is 35.5. The molecule has 3 rings (SSSR count). The second-order valence-electron chi connectivity index (χ2n) is 5.58. The number of carbonyl (C=O) groups is 1. The molecule has 1 amide bonds. The predicted molar refractivity (Wildman–Crippen MR) is 106 cm³/mol. The number of thiocarbonyl (C=S) groups is 1. The highest BCUT2D eigenvalue weighted by Crippen LogP contribution is 2.28. The summed E-state index contributed by atoms with van der Waals surface area (Å²) in [5, 5.41) is 10.8. The van der Waals surface area contributed by atoms with Crippen molar-refractivity contribution in [3.05, 3.63) is 75.4 Å². The first-order chi connectivity index (χ1) is 11.9. The molecule has 0 aliphatic carbocycles. The summed E-state index contributed by atoms with van der Waals surface area (Å²) in [5.74, 6) is -0.220. The van der Waals surface area contributed by atoms with Gasteiger partial charge in [-0.25, -0.2) is 0 Å². The van der Waals surface area contributed by atoms with Crippen LogP contribution in [0.2, 0.25) is 10.0 Å². The molecule has 3 N–H and O–H groups in total. The number of allylic oxidation sites excluding steroid dienone is 1. The van der Waals surface area contributed by atoms with Crippen molar-refractivity contribution in [1.29, 1.82) is 0 Å². The molecule has 2 aromatic carbocycles. The third-order valence-electron chi connectivity index (χ3n) is 3.82. The van der Waals surface area contributed by atoms with Gasteiger partial charge in [-0.1, -0.05) is 35.3 Å². The number of benzene rings is 2. The molecule has 1 atom stereocenters. The van der Waals surface area contributed by atoms with E-state index in [9.17, 15) is 4.79 Å². The molecule has 0 aromatic heterocycles. The molecule has 0 bridgehead atoms. The van der Waals surface area contributed by atoms with Crippen molar-refractivity contribution in [2.75, 3.05) is 5.32 Å². The first-order valence-electron chi connectivity index (χ1n) is 7.54. The molecular weight excluding hydrogens is 377 g/mol. The summed E-state index contributed by atoms with van der Waals surface area (Å²) in [6.45, 7) is 1.83. The molecule has 1 unspecified atom stereocenters. The lowest BCUT2D eigenvalue weighted by Crippen LogP contribution is -2.45. The summed E-state index contributed by atoms with van der Waals surface area (Å²) in [6, 6.07) is 13.9. The largest absolute Gasteiger partial charge is 0.351 e. The Morgan fingerprint density at radius 1 is 1.04 bits per heavy atom. The minimum atomic E-state index is -0.363. The monoisotopic (exact) mass is 391 g/mol. The van der Waals surface area contributed by atoms with E-state index < -0.39 is 0 Å². The number of amides is 1. The van der Waals surface area contributed by atoms with Gasteiger partial charge in [-0.15, -0.1) is 0 Å². The molecule has 25 heavy (non-hydrogen) atoms. The Bertz CT molecular complexity index is 848. The lowest BCUT2D eigenvalue weighted by atomic mass is 9.95. The van der Waals surface area contributed by atoms with E-state index in [0.717, 1.165) is 5.56 Å². The van der Waals surface area contributed by atoms with Gasteiger partial charge in [0.1, 0.15) is 0 Å². The lowest BCUT2D eigenvalue weighted by Gasteiger charge is -2.30. The zero-order valence-corrected chi connectivity index (χ0v) is 15.6. The van der Waals surface area contributed by atoms with Crippen LogP contribution in [0.3, 0.4) is 0 Å². The zero-order valence-electron chi connectivity index (χ0n) is 13.3.